The highest BCUT2D eigenvalue weighted by atomic mass is 31.2. The van der Waals surface area contributed by atoms with Crippen LogP contribution in [-0.4, -0.2) is 157 Å². The SMILES string of the molecule is Nc1nc2c(ncn2[C@@H]2O[C@H](CO)[C@@H](O)[C@H]2O)c(=O)[nH]1.Nc1ncnc2nc[nH]c12.O=CC(O)C(O)C(O)C(O)CO.O=P(O)(O)O. The Balaban J connectivity index is 0.000000243. The van der Waals surface area contributed by atoms with Crippen LogP contribution in [0.1, 0.15) is 6.23 Å². The molecule has 4 aromatic rings. The predicted octanol–water partition coefficient (Wildman–Crippen LogP) is -7.06. The van der Waals surface area contributed by atoms with Crippen LogP contribution >= 0.6 is 7.82 Å². The van der Waals surface area contributed by atoms with Crippen LogP contribution in [0.4, 0.5) is 11.8 Å². The second-order valence-corrected chi connectivity index (χ2v) is 10.3. The highest BCUT2D eigenvalue weighted by Crippen LogP contribution is 2.30. The number of nitrogens with zero attached hydrogens (tertiary/aromatic N) is 6. The molecule has 4 unspecified atom stereocenters. The van der Waals surface area contributed by atoms with Crippen LogP contribution in [0.5, 0.6) is 0 Å². The van der Waals surface area contributed by atoms with Crippen molar-refractivity contribution in [3.63, 3.8) is 0 Å². The molecule has 4 aromatic heterocycles. The third-order valence-electron chi connectivity index (χ3n) is 5.91. The van der Waals surface area contributed by atoms with Crippen LogP contribution in [0.15, 0.2) is 23.8 Å². The van der Waals surface area contributed by atoms with E-state index < -0.39 is 75.6 Å². The predicted molar refractivity (Wildman–Crippen MR) is 153 cm³/mol. The van der Waals surface area contributed by atoms with Crippen molar-refractivity contribution >= 4 is 48.2 Å². The Labute approximate surface area is 260 Å². The first-order valence-electron chi connectivity index (χ1n) is 12.8. The normalized spacial score (nSPS) is 21.7. The first-order valence-corrected chi connectivity index (χ1v) is 14.3. The first-order chi connectivity index (χ1) is 21.9. The standard InChI is InChI=1S/C10H13N5O5.C6H12O6.C5H5N5.H3O4P/c11-10-13-7-4(8(19)14-10)12-2-15(7)9-6(18)5(17)3(1-16)20-9;7-1-3(9)5(11)6(12)4(10)2-8;6-4-3-5(9-1-7-3)10-2-8-4;1-5(2,3)4/h2-3,5-6,9,16-18H,1H2,(H3,11,13,14,19);1,3-6,8-12H,2H2;1-2H,(H3,6,7,8,9,10);(H3,1,2,3,4)/t3-,5-,6-,9-;;;/m1.../s1. The summed E-state index contributed by atoms with van der Waals surface area (Å²) in [5.41, 5.74) is 11.9. The number of carbonyl (C=O) groups excluding carboxylic acids is 1. The molecule has 1 aliphatic rings. The van der Waals surface area contributed by atoms with Gasteiger partial charge in [-0.2, -0.15) is 4.98 Å². The monoisotopic (exact) mass is 696 g/mol. The Bertz CT molecular complexity index is 1670. The van der Waals surface area contributed by atoms with Gasteiger partial charge in [-0.25, -0.2) is 24.5 Å². The number of hydrogen-bond acceptors (Lipinski definition) is 19. The largest absolute Gasteiger partial charge is 0.466 e. The summed E-state index contributed by atoms with van der Waals surface area (Å²) in [6.07, 6.45) is -7.13. The van der Waals surface area contributed by atoms with E-state index in [1.807, 2.05) is 0 Å². The number of ether oxygens (including phenoxy) is 1. The molecule has 17 N–H and O–H groups in total. The Morgan fingerprint density at radius 3 is 2.19 bits per heavy atom. The van der Waals surface area contributed by atoms with Gasteiger partial charge in [0.15, 0.2) is 35.1 Å². The molecule has 47 heavy (non-hydrogen) atoms. The van der Waals surface area contributed by atoms with Gasteiger partial charge < -0.3 is 81.5 Å². The number of imidazole rings is 2. The maximum atomic E-state index is 11.7. The van der Waals surface area contributed by atoms with E-state index in [4.69, 9.17) is 66.1 Å². The summed E-state index contributed by atoms with van der Waals surface area (Å²) in [7, 11) is -4.64. The number of aliphatic hydroxyl groups excluding tert-OH is 8. The lowest BCUT2D eigenvalue weighted by atomic mass is 10.0. The van der Waals surface area contributed by atoms with Crippen molar-refractivity contribution in [2.75, 3.05) is 24.7 Å². The number of phosphoric acid groups is 1. The lowest BCUT2D eigenvalue weighted by Gasteiger charge is -2.22. The Kier molecular flexibility index (Phi) is 14.3. The van der Waals surface area contributed by atoms with Gasteiger partial charge >= 0.3 is 7.82 Å². The lowest BCUT2D eigenvalue weighted by Crippen LogP contribution is -2.46. The third-order valence-corrected chi connectivity index (χ3v) is 5.91. The highest BCUT2D eigenvalue weighted by Gasteiger charge is 2.44. The van der Waals surface area contributed by atoms with Crippen molar-refractivity contribution < 1.29 is 69.6 Å². The number of aromatic amines is 2. The van der Waals surface area contributed by atoms with Gasteiger partial charge in [0, 0.05) is 0 Å². The van der Waals surface area contributed by atoms with Crippen LogP contribution in [0.2, 0.25) is 0 Å². The summed E-state index contributed by atoms with van der Waals surface area (Å²) < 4.78 is 15.5. The number of anilines is 2. The molecule has 0 bridgehead atoms. The molecule has 0 saturated carbocycles. The van der Waals surface area contributed by atoms with E-state index in [0.717, 1.165) is 0 Å². The van der Waals surface area contributed by atoms with Crippen molar-refractivity contribution in [2.45, 2.75) is 49.0 Å². The molecule has 0 spiro atoms. The van der Waals surface area contributed by atoms with Gasteiger partial charge in [0.2, 0.25) is 5.95 Å². The van der Waals surface area contributed by atoms with E-state index in [2.05, 4.69) is 34.9 Å². The fourth-order valence-electron chi connectivity index (χ4n) is 3.64. The molecule has 5 heterocycles. The van der Waals surface area contributed by atoms with Gasteiger partial charge in [-0.15, -0.1) is 0 Å². The fraction of sp³-hybridized carbons (Fsp3) is 0.476. The van der Waals surface area contributed by atoms with Crippen molar-refractivity contribution in [2.24, 2.45) is 0 Å². The second-order valence-electron chi connectivity index (χ2n) is 9.24. The zero-order chi connectivity index (χ0) is 35.6. The summed E-state index contributed by atoms with van der Waals surface area (Å²) in [6.45, 7) is -1.21. The average Bonchev–Trinajstić information content (AvgIpc) is 3.74. The van der Waals surface area contributed by atoms with E-state index in [0.29, 0.717) is 17.0 Å². The highest BCUT2D eigenvalue weighted by molar-refractivity contribution is 7.45. The second kappa shape index (κ2) is 17.2. The number of carbonyl (C=O) groups is 1. The van der Waals surface area contributed by atoms with Gasteiger partial charge in [-0.1, -0.05) is 0 Å². The number of H-pyrrole nitrogens is 2. The summed E-state index contributed by atoms with van der Waals surface area (Å²) in [5, 5.41) is 72.3. The Hall–Kier alpha value is -4.08. The van der Waals surface area contributed by atoms with Gasteiger partial charge in [0.25, 0.3) is 5.56 Å². The number of aromatic nitrogens is 8. The summed E-state index contributed by atoms with van der Waals surface area (Å²) >= 11 is 0. The van der Waals surface area contributed by atoms with Crippen molar-refractivity contribution in [1.29, 1.82) is 0 Å². The van der Waals surface area contributed by atoms with Crippen molar-refractivity contribution in [3.05, 3.63) is 29.3 Å². The Morgan fingerprint density at radius 1 is 1.02 bits per heavy atom. The number of aldehydes is 1. The molecule has 26 heteroatoms. The summed E-state index contributed by atoms with van der Waals surface area (Å²) in [5.74, 6) is 0.332. The first kappa shape index (κ1) is 39.1. The molecule has 8 atom stereocenters. The maximum Gasteiger partial charge on any atom is 0.466 e. The van der Waals surface area contributed by atoms with Crippen molar-refractivity contribution in [3.8, 4) is 0 Å². The number of hydrogen-bond donors (Lipinski definition) is 15. The molecule has 0 aromatic carbocycles. The van der Waals surface area contributed by atoms with E-state index in [9.17, 15) is 19.8 Å². The molecule has 262 valence electrons. The topological polar surface area (TPSA) is 436 Å². The zero-order valence-corrected chi connectivity index (χ0v) is 24.6. The van der Waals surface area contributed by atoms with E-state index in [1.54, 1.807) is 0 Å². The minimum atomic E-state index is -4.64. The van der Waals surface area contributed by atoms with Gasteiger partial charge in [0.05, 0.1) is 25.9 Å². The molecule has 0 aliphatic carbocycles. The van der Waals surface area contributed by atoms with E-state index in [-0.39, 0.29) is 23.4 Å². The average molecular weight is 697 g/mol. The number of nitrogens with one attached hydrogen (secondary N) is 2. The van der Waals surface area contributed by atoms with Crippen LogP contribution in [0, 0.1) is 0 Å². The smallest absolute Gasteiger partial charge is 0.394 e. The number of nitrogen functional groups attached to an aromatic ring is 2. The van der Waals surface area contributed by atoms with Gasteiger partial charge in [0.1, 0.15) is 54.6 Å². The quantitative estimate of drug-likeness (QED) is 0.0630. The summed E-state index contributed by atoms with van der Waals surface area (Å²) in [4.78, 5) is 67.6. The molecule has 25 nitrogen and oxygen atoms in total. The fourth-order valence-corrected chi connectivity index (χ4v) is 3.64. The molecule has 1 saturated heterocycles. The molecule has 5 rings (SSSR count). The molecule has 0 amide bonds. The number of rotatable bonds is 7. The maximum absolute atomic E-state index is 11.7. The molecule has 0 radical (unpaired) electrons. The molecular weight excluding hydrogens is 663 g/mol. The molecular formula is C21H33N10O15P. The summed E-state index contributed by atoms with van der Waals surface area (Å²) in [6, 6.07) is 0. The third kappa shape index (κ3) is 10.7. The number of aliphatic hydroxyl groups is 8. The van der Waals surface area contributed by atoms with Gasteiger partial charge in [-0.3, -0.25) is 14.3 Å². The van der Waals surface area contributed by atoms with Crippen LogP contribution < -0.4 is 17.0 Å². The molecule has 1 aliphatic heterocycles. The van der Waals surface area contributed by atoms with E-state index >= 15 is 0 Å². The molecule has 1 fully saturated rings. The lowest BCUT2D eigenvalue weighted by molar-refractivity contribution is -0.136. The van der Waals surface area contributed by atoms with Crippen LogP contribution in [0.25, 0.3) is 22.3 Å². The number of fused-ring (bicyclic) bond motifs is 2. The minimum absolute atomic E-state index is 0.0258. The van der Waals surface area contributed by atoms with Crippen molar-refractivity contribution in [1.82, 2.24) is 39.5 Å². The van der Waals surface area contributed by atoms with Gasteiger partial charge in [-0.05, 0) is 0 Å². The Morgan fingerprint density at radius 2 is 1.66 bits per heavy atom. The van der Waals surface area contributed by atoms with E-state index in [1.165, 1.54) is 23.5 Å². The van der Waals surface area contributed by atoms with Crippen LogP contribution in [0.3, 0.4) is 0 Å². The number of nitrogens with two attached hydrogens (primary N) is 2. The zero-order valence-electron chi connectivity index (χ0n) is 23.7. The van der Waals surface area contributed by atoms with Crippen LogP contribution in [-0.2, 0) is 14.1 Å². The minimum Gasteiger partial charge on any atom is -0.394 e.